The number of thiazole rings is 1. The predicted molar refractivity (Wildman–Crippen MR) is 44.6 cm³/mol. The van der Waals surface area contributed by atoms with E-state index in [4.69, 9.17) is 5.73 Å². The van der Waals surface area contributed by atoms with Gasteiger partial charge in [0.15, 0.2) is 0 Å². The number of hydrogen-bond donors (Lipinski definition) is 1. The number of aryl methyl sites for hydroxylation is 1. The lowest BCUT2D eigenvalue weighted by Crippen LogP contribution is -2.39. The average molecular weight is 210 g/mol. The summed E-state index contributed by atoms with van der Waals surface area (Å²) in [6.45, 7) is 1.73. The molecule has 0 saturated heterocycles. The maximum absolute atomic E-state index is 12.0. The molecule has 2 N–H and O–H groups in total. The zero-order valence-corrected chi connectivity index (χ0v) is 7.75. The molecule has 0 fully saturated rings. The van der Waals surface area contributed by atoms with Crippen molar-refractivity contribution in [2.24, 2.45) is 5.73 Å². The first-order valence-electron chi connectivity index (χ1n) is 3.62. The Morgan fingerprint density at radius 3 is 2.62 bits per heavy atom. The van der Waals surface area contributed by atoms with Crippen LogP contribution in [0.3, 0.4) is 0 Å². The Morgan fingerprint density at radius 2 is 2.23 bits per heavy atom. The Balaban J connectivity index is 2.65. The Bertz CT molecular complexity index is 282. The van der Waals surface area contributed by atoms with E-state index in [1.165, 1.54) is 16.8 Å². The first kappa shape index (κ1) is 10.5. The number of nitrogens with zero attached hydrogens (tertiary/aromatic N) is 1. The van der Waals surface area contributed by atoms with Gasteiger partial charge in [-0.15, -0.1) is 11.3 Å². The minimum atomic E-state index is -4.34. The van der Waals surface area contributed by atoms with E-state index in [1.54, 1.807) is 6.92 Å². The van der Waals surface area contributed by atoms with Crippen LogP contribution in [0.15, 0.2) is 5.51 Å². The van der Waals surface area contributed by atoms with Crippen LogP contribution >= 0.6 is 11.3 Å². The Morgan fingerprint density at radius 1 is 1.62 bits per heavy atom. The van der Waals surface area contributed by atoms with Crippen LogP contribution in [0.5, 0.6) is 0 Å². The summed E-state index contributed by atoms with van der Waals surface area (Å²) in [5, 5.41) is 0. The molecule has 0 spiro atoms. The summed E-state index contributed by atoms with van der Waals surface area (Å²) in [5.41, 5.74) is 6.91. The molecule has 0 saturated carbocycles. The maximum Gasteiger partial charge on any atom is 0.404 e. The molecule has 6 heteroatoms. The second-order valence-electron chi connectivity index (χ2n) is 2.71. The number of rotatable bonds is 2. The van der Waals surface area contributed by atoms with Crippen molar-refractivity contribution in [1.82, 2.24) is 4.98 Å². The molecule has 13 heavy (non-hydrogen) atoms. The second-order valence-corrected chi connectivity index (χ2v) is 3.77. The third kappa shape index (κ3) is 2.67. The molecular weight excluding hydrogens is 201 g/mol. The summed E-state index contributed by atoms with van der Waals surface area (Å²) < 4.78 is 36.1. The minimum absolute atomic E-state index is 0.237. The number of nitrogens with two attached hydrogens (primary N) is 1. The Kier molecular flexibility index (Phi) is 2.92. The highest BCUT2D eigenvalue weighted by Gasteiger charge is 2.37. The van der Waals surface area contributed by atoms with Crippen LogP contribution in [0.25, 0.3) is 0 Å². The van der Waals surface area contributed by atoms with Crippen molar-refractivity contribution < 1.29 is 13.2 Å². The van der Waals surface area contributed by atoms with Gasteiger partial charge in [-0.2, -0.15) is 13.2 Å². The Labute approximate surface area is 77.6 Å². The van der Waals surface area contributed by atoms with Crippen LogP contribution < -0.4 is 5.73 Å². The van der Waals surface area contributed by atoms with Gasteiger partial charge in [-0.3, -0.25) is 0 Å². The highest BCUT2D eigenvalue weighted by Crippen LogP contribution is 2.22. The number of aromatic nitrogens is 1. The van der Waals surface area contributed by atoms with Crippen molar-refractivity contribution in [2.75, 3.05) is 0 Å². The fourth-order valence-corrected chi connectivity index (χ4v) is 1.46. The standard InChI is InChI=1S/C7H9F3N2S/c1-4-5(12-3-13-4)2-6(11)7(8,9)10/h3,6H,2,11H2,1H3. The molecule has 1 rings (SSSR count). The largest absolute Gasteiger partial charge is 0.404 e. The lowest BCUT2D eigenvalue weighted by Gasteiger charge is -2.14. The average Bonchev–Trinajstić information content (AvgIpc) is 2.34. The third-order valence-electron chi connectivity index (χ3n) is 1.68. The summed E-state index contributed by atoms with van der Waals surface area (Å²) in [5.74, 6) is 0. The molecule has 1 aromatic rings. The fraction of sp³-hybridized carbons (Fsp3) is 0.571. The van der Waals surface area contributed by atoms with Crippen molar-refractivity contribution in [2.45, 2.75) is 25.6 Å². The zero-order chi connectivity index (χ0) is 10.1. The summed E-state index contributed by atoms with van der Waals surface area (Å²) >= 11 is 1.32. The lowest BCUT2D eigenvalue weighted by atomic mass is 10.1. The molecule has 1 aromatic heterocycles. The summed E-state index contributed by atoms with van der Waals surface area (Å²) in [6.07, 6.45) is -4.57. The molecule has 1 atom stereocenters. The van der Waals surface area contributed by atoms with E-state index in [-0.39, 0.29) is 6.42 Å². The molecule has 1 unspecified atom stereocenters. The number of hydrogen-bond acceptors (Lipinski definition) is 3. The van der Waals surface area contributed by atoms with E-state index >= 15 is 0 Å². The molecule has 0 amide bonds. The van der Waals surface area contributed by atoms with Crippen LogP contribution in [0.1, 0.15) is 10.6 Å². The molecule has 0 aliphatic carbocycles. The summed E-state index contributed by atoms with van der Waals surface area (Å²) in [6, 6.07) is -1.81. The number of halogens is 3. The smallest absolute Gasteiger partial charge is 0.320 e. The van der Waals surface area contributed by atoms with Crippen LogP contribution in [0.2, 0.25) is 0 Å². The van der Waals surface area contributed by atoms with E-state index in [0.717, 1.165) is 4.88 Å². The van der Waals surface area contributed by atoms with Crippen LogP contribution in [-0.2, 0) is 6.42 Å². The lowest BCUT2D eigenvalue weighted by molar-refractivity contribution is -0.147. The Hall–Kier alpha value is -0.620. The van der Waals surface area contributed by atoms with Crippen LogP contribution in [-0.4, -0.2) is 17.2 Å². The van der Waals surface area contributed by atoms with Crippen molar-refractivity contribution in [1.29, 1.82) is 0 Å². The molecule has 2 nitrogen and oxygen atoms in total. The SMILES string of the molecule is Cc1scnc1CC(N)C(F)(F)F. The van der Waals surface area contributed by atoms with E-state index in [1.807, 2.05) is 0 Å². The van der Waals surface area contributed by atoms with E-state index in [2.05, 4.69) is 4.98 Å². The first-order chi connectivity index (χ1) is 5.91. The van der Waals surface area contributed by atoms with Gasteiger partial charge in [-0.1, -0.05) is 0 Å². The molecule has 0 aromatic carbocycles. The normalized spacial score (nSPS) is 14.5. The topological polar surface area (TPSA) is 38.9 Å². The quantitative estimate of drug-likeness (QED) is 0.809. The zero-order valence-electron chi connectivity index (χ0n) is 6.93. The highest BCUT2D eigenvalue weighted by molar-refractivity contribution is 7.09. The van der Waals surface area contributed by atoms with E-state index in [0.29, 0.717) is 5.69 Å². The van der Waals surface area contributed by atoms with Gasteiger partial charge < -0.3 is 5.73 Å². The minimum Gasteiger partial charge on any atom is -0.320 e. The van der Waals surface area contributed by atoms with Gasteiger partial charge in [0.2, 0.25) is 0 Å². The third-order valence-corrected chi connectivity index (χ3v) is 2.48. The van der Waals surface area contributed by atoms with Crippen molar-refractivity contribution >= 4 is 11.3 Å². The van der Waals surface area contributed by atoms with Crippen LogP contribution in [0, 0.1) is 6.92 Å². The van der Waals surface area contributed by atoms with Crippen molar-refractivity contribution in [3.05, 3.63) is 16.1 Å². The maximum atomic E-state index is 12.0. The van der Waals surface area contributed by atoms with Gasteiger partial charge in [0.1, 0.15) is 6.04 Å². The fourth-order valence-electron chi connectivity index (χ4n) is 0.848. The second kappa shape index (κ2) is 3.63. The molecule has 0 radical (unpaired) electrons. The highest BCUT2D eigenvalue weighted by atomic mass is 32.1. The predicted octanol–water partition coefficient (Wildman–Crippen LogP) is 1.88. The van der Waals surface area contributed by atoms with E-state index < -0.39 is 12.2 Å². The van der Waals surface area contributed by atoms with Gasteiger partial charge in [0, 0.05) is 11.3 Å². The van der Waals surface area contributed by atoms with Crippen molar-refractivity contribution in [3.63, 3.8) is 0 Å². The van der Waals surface area contributed by atoms with Gasteiger partial charge in [-0.25, -0.2) is 4.98 Å². The van der Waals surface area contributed by atoms with E-state index in [9.17, 15) is 13.2 Å². The van der Waals surface area contributed by atoms with Gasteiger partial charge in [0.05, 0.1) is 11.2 Å². The molecule has 1 heterocycles. The molecular formula is C7H9F3N2S. The van der Waals surface area contributed by atoms with Crippen molar-refractivity contribution in [3.8, 4) is 0 Å². The molecule has 74 valence electrons. The van der Waals surface area contributed by atoms with Gasteiger partial charge >= 0.3 is 6.18 Å². The molecule has 0 aliphatic rings. The monoisotopic (exact) mass is 210 g/mol. The molecule has 0 bridgehead atoms. The first-order valence-corrected chi connectivity index (χ1v) is 4.50. The van der Waals surface area contributed by atoms with Crippen LogP contribution in [0.4, 0.5) is 13.2 Å². The van der Waals surface area contributed by atoms with Gasteiger partial charge in [0.25, 0.3) is 0 Å². The summed E-state index contributed by atoms with van der Waals surface area (Å²) in [4.78, 5) is 4.60. The summed E-state index contributed by atoms with van der Waals surface area (Å²) in [7, 11) is 0. The van der Waals surface area contributed by atoms with Gasteiger partial charge in [-0.05, 0) is 6.92 Å². The number of alkyl halides is 3. The molecule has 0 aliphatic heterocycles.